The number of nitrogens with one attached hydrogen (secondary N) is 3. The lowest BCUT2D eigenvalue weighted by atomic mass is 9.92. The lowest BCUT2D eigenvalue weighted by Gasteiger charge is -2.29. The first kappa shape index (κ1) is 18.7. The van der Waals surface area contributed by atoms with E-state index in [-0.39, 0.29) is 17.5 Å². The number of hydrogen-bond acceptors (Lipinski definition) is 3. The molecule has 0 atom stereocenters. The third kappa shape index (κ3) is 4.01. The SMILES string of the molecule is CCCCOC1CCC(NC(=O)c2c[nH]c3c(CC)c[nH]c(=O)c23)CC1. The molecule has 0 saturated heterocycles. The highest BCUT2D eigenvalue weighted by atomic mass is 16.5. The average Bonchev–Trinajstić information content (AvgIpc) is 3.10. The quantitative estimate of drug-likeness (QED) is 0.663. The van der Waals surface area contributed by atoms with Gasteiger partial charge in [-0.05, 0) is 44.1 Å². The maximum atomic E-state index is 12.7. The Morgan fingerprint density at radius 1 is 1.19 bits per heavy atom. The van der Waals surface area contributed by atoms with Crippen molar-refractivity contribution in [2.45, 2.75) is 70.9 Å². The molecule has 0 aromatic carbocycles. The molecular weight excluding hydrogens is 330 g/mol. The van der Waals surface area contributed by atoms with E-state index in [0.29, 0.717) is 17.1 Å². The van der Waals surface area contributed by atoms with Gasteiger partial charge in [0.2, 0.25) is 0 Å². The lowest BCUT2D eigenvalue weighted by Crippen LogP contribution is -2.39. The standard InChI is InChI=1S/C20H29N3O3/c1-3-5-10-26-15-8-6-14(7-9-15)23-19(24)16-12-21-18-13(4-2)11-22-20(25)17(16)18/h11-12,14-15,21H,3-10H2,1-2H3,(H,22,25)(H,23,24). The van der Waals surface area contributed by atoms with Crippen LogP contribution in [-0.2, 0) is 11.2 Å². The first-order chi connectivity index (χ1) is 12.6. The Labute approximate surface area is 153 Å². The van der Waals surface area contributed by atoms with Crippen LogP contribution < -0.4 is 10.9 Å². The van der Waals surface area contributed by atoms with Gasteiger partial charge in [0.1, 0.15) is 0 Å². The minimum Gasteiger partial charge on any atom is -0.378 e. The number of aryl methyl sites for hydroxylation is 1. The molecule has 2 aromatic rings. The first-order valence-corrected chi connectivity index (χ1v) is 9.78. The van der Waals surface area contributed by atoms with Crippen molar-refractivity contribution >= 4 is 16.8 Å². The zero-order chi connectivity index (χ0) is 18.5. The third-order valence-electron chi connectivity index (χ3n) is 5.29. The van der Waals surface area contributed by atoms with Crippen molar-refractivity contribution in [2.75, 3.05) is 6.61 Å². The fraction of sp³-hybridized carbons (Fsp3) is 0.600. The van der Waals surface area contributed by atoms with Crippen molar-refractivity contribution in [3.63, 3.8) is 0 Å². The number of fused-ring (bicyclic) bond motifs is 1. The van der Waals surface area contributed by atoms with E-state index in [1.807, 2.05) is 6.92 Å². The van der Waals surface area contributed by atoms with Crippen LogP contribution >= 0.6 is 0 Å². The van der Waals surface area contributed by atoms with Crippen molar-refractivity contribution in [1.29, 1.82) is 0 Å². The van der Waals surface area contributed by atoms with E-state index in [1.54, 1.807) is 12.4 Å². The van der Waals surface area contributed by atoms with Gasteiger partial charge < -0.3 is 20.0 Å². The van der Waals surface area contributed by atoms with Crippen LogP contribution in [0.2, 0.25) is 0 Å². The monoisotopic (exact) mass is 359 g/mol. The molecule has 1 fully saturated rings. The highest BCUT2D eigenvalue weighted by Crippen LogP contribution is 2.23. The molecule has 0 unspecified atom stereocenters. The summed E-state index contributed by atoms with van der Waals surface area (Å²) in [6.45, 7) is 5.01. The molecule has 6 heteroatoms. The zero-order valence-corrected chi connectivity index (χ0v) is 15.7. The zero-order valence-electron chi connectivity index (χ0n) is 15.7. The molecule has 1 saturated carbocycles. The summed E-state index contributed by atoms with van der Waals surface area (Å²) in [4.78, 5) is 30.8. The second-order valence-corrected chi connectivity index (χ2v) is 7.12. The molecule has 0 aliphatic heterocycles. The highest BCUT2D eigenvalue weighted by molar-refractivity contribution is 6.07. The molecule has 2 aromatic heterocycles. The molecule has 0 radical (unpaired) electrons. The molecule has 1 aliphatic carbocycles. The lowest BCUT2D eigenvalue weighted by molar-refractivity contribution is 0.0209. The summed E-state index contributed by atoms with van der Waals surface area (Å²) in [5.74, 6) is -0.176. The second kappa shape index (κ2) is 8.54. The maximum Gasteiger partial charge on any atom is 0.258 e. The normalized spacial score (nSPS) is 20.4. The summed E-state index contributed by atoms with van der Waals surface area (Å²) in [6, 6.07) is 0.145. The Morgan fingerprint density at radius 3 is 2.65 bits per heavy atom. The molecule has 1 aliphatic rings. The summed E-state index contributed by atoms with van der Waals surface area (Å²) in [5.41, 5.74) is 1.97. The van der Waals surface area contributed by atoms with E-state index in [0.717, 1.165) is 62.6 Å². The highest BCUT2D eigenvalue weighted by Gasteiger charge is 2.24. The number of pyridine rings is 1. The Balaban J connectivity index is 1.63. The van der Waals surface area contributed by atoms with Gasteiger partial charge in [0.25, 0.3) is 11.5 Å². The molecule has 3 N–H and O–H groups in total. The summed E-state index contributed by atoms with van der Waals surface area (Å²) in [7, 11) is 0. The van der Waals surface area contributed by atoms with Gasteiger partial charge in [-0.1, -0.05) is 20.3 Å². The molecule has 0 bridgehead atoms. The largest absolute Gasteiger partial charge is 0.378 e. The van der Waals surface area contributed by atoms with Gasteiger partial charge in [-0.3, -0.25) is 9.59 Å². The predicted molar refractivity (Wildman–Crippen MR) is 103 cm³/mol. The van der Waals surface area contributed by atoms with Gasteiger partial charge in [0.05, 0.1) is 22.6 Å². The van der Waals surface area contributed by atoms with E-state index in [1.165, 1.54) is 0 Å². The number of H-pyrrole nitrogens is 2. The Morgan fingerprint density at radius 2 is 1.96 bits per heavy atom. The first-order valence-electron chi connectivity index (χ1n) is 9.78. The second-order valence-electron chi connectivity index (χ2n) is 7.12. The molecule has 26 heavy (non-hydrogen) atoms. The maximum absolute atomic E-state index is 12.7. The van der Waals surface area contributed by atoms with Gasteiger partial charge in [-0.15, -0.1) is 0 Å². The number of amides is 1. The minimum atomic E-state index is -0.225. The van der Waals surface area contributed by atoms with Crippen LogP contribution in [0.3, 0.4) is 0 Å². The van der Waals surface area contributed by atoms with Crippen LogP contribution in [0, 0.1) is 0 Å². The van der Waals surface area contributed by atoms with Gasteiger partial charge in [0, 0.05) is 25.0 Å². The molecule has 142 valence electrons. The minimum absolute atomic E-state index is 0.145. The topological polar surface area (TPSA) is 87.0 Å². The molecule has 2 heterocycles. The number of aromatic amines is 2. The van der Waals surface area contributed by atoms with Crippen molar-refractivity contribution < 1.29 is 9.53 Å². The van der Waals surface area contributed by atoms with Crippen molar-refractivity contribution in [3.8, 4) is 0 Å². The van der Waals surface area contributed by atoms with Gasteiger partial charge >= 0.3 is 0 Å². The predicted octanol–water partition coefficient (Wildman–Crippen LogP) is 3.28. The van der Waals surface area contributed by atoms with E-state index in [4.69, 9.17) is 4.74 Å². The number of aromatic nitrogens is 2. The smallest absolute Gasteiger partial charge is 0.258 e. The summed E-state index contributed by atoms with van der Waals surface area (Å²) >= 11 is 0. The summed E-state index contributed by atoms with van der Waals surface area (Å²) in [6.07, 6.45) is 10.5. The van der Waals surface area contributed by atoms with Crippen LogP contribution in [0.5, 0.6) is 0 Å². The number of carbonyl (C=O) groups excluding carboxylic acids is 1. The van der Waals surface area contributed by atoms with Gasteiger partial charge in [-0.25, -0.2) is 0 Å². The van der Waals surface area contributed by atoms with E-state index in [9.17, 15) is 9.59 Å². The number of rotatable bonds is 7. The van der Waals surface area contributed by atoms with Crippen LogP contribution in [0.15, 0.2) is 17.2 Å². The third-order valence-corrected chi connectivity index (χ3v) is 5.29. The van der Waals surface area contributed by atoms with Crippen LogP contribution in [0.4, 0.5) is 0 Å². The number of ether oxygens (including phenoxy) is 1. The number of hydrogen-bond donors (Lipinski definition) is 3. The summed E-state index contributed by atoms with van der Waals surface area (Å²) in [5, 5.41) is 3.56. The van der Waals surface area contributed by atoms with Crippen LogP contribution in [-0.4, -0.2) is 34.6 Å². The Hall–Kier alpha value is -2.08. The van der Waals surface area contributed by atoms with E-state index < -0.39 is 0 Å². The van der Waals surface area contributed by atoms with Gasteiger partial charge in [-0.2, -0.15) is 0 Å². The Bertz CT molecular complexity index is 800. The Kier molecular flexibility index (Phi) is 6.14. The number of unbranched alkanes of at least 4 members (excludes halogenated alkanes) is 1. The summed E-state index contributed by atoms with van der Waals surface area (Å²) < 4.78 is 5.88. The van der Waals surface area contributed by atoms with Crippen molar-refractivity contribution in [2.24, 2.45) is 0 Å². The fourth-order valence-electron chi connectivity index (χ4n) is 3.70. The van der Waals surface area contributed by atoms with Crippen molar-refractivity contribution in [3.05, 3.63) is 33.9 Å². The van der Waals surface area contributed by atoms with E-state index in [2.05, 4.69) is 22.2 Å². The molecule has 0 spiro atoms. The molecule has 1 amide bonds. The number of carbonyl (C=O) groups is 1. The van der Waals surface area contributed by atoms with Gasteiger partial charge in [0.15, 0.2) is 0 Å². The van der Waals surface area contributed by atoms with Crippen LogP contribution in [0.25, 0.3) is 10.9 Å². The molecule has 6 nitrogen and oxygen atoms in total. The molecular formula is C20H29N3O3. The van der Waals surface area contributed by atoms with Crippen molar-refractivity contribution in [1.82, 2.24) is 15.3 Å². The fourth-order valence-corrected chi connectivity index (χ4v) is 3.70. The molecule has 3 rings (SSSR count). The van der Waals surface area contributed by atoms with Crippen LogP contribution in [0.1, 0.15) is 68.3 Å². The average molecular weight is 359 g/mol. The van der Waals surface area contributed by atoms with E-state index >= 15 is 0 Å².